The number of fused-ring (bicyclic) bond motifs is 1. The SMILES string of the molecule is CC(=O)N1c2ccc(-c3ccc(F)c(S(=O)(=O)C4CC4)c3)cc2N(C(=O)C2CCC2)C[C@@H]1C. The van der Waals surface area contributed by atoms with E-state index in [0.717, 1.165) is 19.3 Å². The number of carbonyl (C=O) groups excluding carboxylic acids is 2. The molecule has 0 radical (unpaired) electrons. The van der Waals surface area contributed by atoms with Gasteiger partial charge in [-0.2, -0.15) is 0 Å². The van der Waals surface area contributed by atoms with Crippen molar-refractivity contribution in [3.05, 3.63) is 42.2 Å². The highest BCUT2D eigenvalue weighted by molar-refractivity contribution is 7.92. The van der Waals surface area contributed by atoms with E-state index in [-0.39, 0.29) is 28.7 Å². The molecule has 0 spiro atoms. The van der Waals surface area contributed by atoms with E-state index in [9.17, 15) is 22.4 Å². The molecule has 6 nitrogen and oxygen atoms in total. The Morgan fingerprint density at radius 1 is 0.970 bits per heavy atom. The van der Waals surface area contributed by atoms with Gasteiger partial charge in [0.05, 0.1) is 22.7 Å². The summed E-state index contributed by atoms with van der Waals surface area (Å²) in [5.41, 5.74) is 2.52. The Morgan fingerprint density at radius 3 is 2.24 bits per heavy atom. The third-order valence-corrected chi connectivity index (χ3v) is 9.28. The second-order valence-electron chi connectivity index (χ2n) is 9.41. The molecule has 0 aromatic heterocycles. The van der Waals surface area contributed by atoms with Crippen LogP contribution in [0.2, 0.25) is 0 Å². The van der Waals surface area contributed by atoms with Gasteiger partial charge in [0.15, 0.2) is 9.84 Å². The Labute approximate surface area is 193 Å². The average molecular weight is 471 g/mol. The van der Waals surface area contributed by atoms with Crippen LogP contribution in [0.5, 0.6) is 0 Å². The van der Waals surface area contributed by atoms with Crippen LogP contribution in [0.1, 0.15) is 46.0 Å². The van der Waals surface area contributed by atoms with Gasteiger partial charge in [0.25, 0.3) is 0 Å². The summed E-state index contributed by atoms with van der Waals surface area (Å²) in [6, 6.07) is 9.36. The Hall–Kier alpha value is -2.74. The van der Waals surface area contributed by atoms with Gasteiger partial charge in [0.2, 0.25) is 11.8 Å². The first-order valence-electron chi connectivity index (χ1n) is 11.5. The lowest BCUT2D eigenvalue weighted by atomic mass is 9.84. The number of carbonyl (C=O) groups is 2. The first-order valence-corrected chi connectivity index (χ1v) is 13.0. The highest BCUT2D eigenvalue weighted by Crippen LogP contribution is 2.42. The molecule has 174 valence electrons. The van der Waals surface area contributed by atoms with E-state index < -0.39 is 20.9 Å². The van der Waals surface area contributed by atoms with Crippen LogP contribution in [-0.2, 0) is 19.4 Å². The van der Waals surface area contributed by atoms with E-state index in [4.69, 9.17) is 0 Å². The van der Waals surface area contributed by atoms with Crippen molar-refractivity contribution in [1.82, 2.24) is 0 Å². The van der Waals surface area contributed by atoms with Gasteiger partial charge in [-0.05, 0) is 68.0 Å². The molecule has 2 amide bonds. The second-order valence-corrected chi connectivity index (χ2v) is 11.6. The predicted molar refractivity (Wildman–Crippen MR) is 124 cm³/mol. The van der Waals surface area contributed by atoms with E-state index in [1.807, 2.05) is 13.0 Å². The van der Waals surface area contributed by atoms with Gasteiger partial charge in [0, 0.05) is 19.4 Å². The Balaban J connectivity index is 1.60. The average Bonchev–Trinajstić information content (AvgIpc) is 3.57. The lowest BCUT2D eigenvalue weighted by molar-refractivity contribution is -0.125. The molecule has 2 aliphatic carbocycles. The lowest BCUT2D eigenvalue weighted by Gasteiger charge is -2.43. The van der Waals surface area contributed by atoms with Gasteiger partial charge in [0.1, 0.15) is 10.7 Å². The molecule has 0 bridgehead atoms. The number of hydrogen-bond donors (Lipinski definition) is 0. The number of benzene rings is 2. The van der Waals surface area contributed by atoms with Crippen molar-refractivity contribution in [2.75, 3.05) is 16.3 Å². The summed E-state index contributed by atoms with van der Waals surface area (Å²) in [4.78, 5) is 28.8. The van der Waals surface area contributed by atoms with Gasteiger partial charge in [-0.25, -0.2) is 12.8 Å². The summed E-state index contributed by atoms with van der Waals surface area (Å²) in [7, 11) is -3.70. The fourth-order valence-corrected chi connectivity index (χ4v) is 6.57. The molecule has 2 aromatic carbocycles. The molecule has 0 unspecified atom stereocenters. The zero-order chi connectivity index (χ0) is 23.5. The Morgan fingerprint density at radius 2 is 1.64 bits per heavy atom. The summed E-state index contributed by atoms with van der Waals surface area (Å²) in [6.45, 7) is 3.83. The van der Waals surface area contributed by atoms with Crippen molar-refractivity contribution >= 4 is 33.0 Å². The standard InChI is InChI=1S/C25H27FN2O4S/c1-15-14-27(25(30)17-4-3-5-17)23-12-18(7-11-22(23)28(15)16(2)29)19-6-10-21(26)24(13-19)33(31,32)20-8-9-20/h6-7,10-13,15,17,20H,3-5,8-9,14H2,1-2H3/t15-/m0/s1. The molecular formula is C25H27FN2O4S. The van der Waals surface area contributed by atoms with E-state index in [0.29, 0.717) is 41.9 Å². The fraction of sp³-hybridized carbons (Fsp3) is 0.440. The minimum atomic E-state index is -3.70. The molecule has 2 saturated carbocycles. The van der Waals surface area contributed by atoms with Crippen LogP contribution in [0.3, 0.4) is 0 Å². The van der Waals surface area contributed by atoms with Crippen LogP contribution in [0.4, 0.5) is 15.8 Å². The lowest BCUT2D eigenvalue weighted by Crippen LogP contribution is -2.53. The van der Waals surface area contributed by atoms with Gasteiger partial charge in [-0.3, -0.25) is 9.59 Å². The smallest absolute Gasteiger partial charge is 0.230 e. The monoisotopic (exact) mass is 470 g/mol. The summed E-state index contributed by atoms with van der Waals surface area (Å²) in [5, 5.41) is -0.507. The molecule has 1 aliphatic heterocycles. The number of anilines is 2. The Kier molecular flexibility index (Phi) is 5.31. The van der Waals surface area contributed by atoms with E-state index in [2.05, 4.69) is 0 Å². The topological polar surface area (TPSA) is 74.8 Å². The fourth-order valence-electron chi connectivity index (χ4n) is 4.83. The quantitative estimate of drug-likeness (QED) is 0.667. The minimum Gasteiger partial charge on any atom is -0.308 e. The number of amides is 2. The molecule has 2 aromatic rings. The van der Waals surface area contributed by atoms with Crippen LogP contribution in [-0.4, -0.2) is 38.1 Å². The molecule has 2 fully saturated rings. The van der Waals surface area contributed by atoms with Gasteiger partial charge in [-0.15, -0.1) is 0 Å². The first kappa shape index (κ1) is 22.1. The number of rotatable bonds is 4. The highest BCUT2D eigenvalue weighted by atomic mass is 32.2. The second kappa shape index (κ2) is 7.94. The van der Waals surface area contributed by atoms with Crippen molar-refractivity contribution in [3.63, 3.8) is 0 Å². The van der Waals surface area contributed by atoms with Crippen LogP contribution in [0, 0.1) is 11.7 Å². The highest BCUT2D eigenvalue weighted by Gasteiger charge is 2.39. The first-order chi connectivity index (χ1) is 15.7. The van der Waals surface area contributed by atoms with E-state index >= 15 is 0 Å². The largest absolute Gasteiger partial charge is 0.308 e. The number of hydrogen-bond acceptors (Lipinski definition) is 4. The third-order valence-electron chi connectivity index (χ3n) is 7.01. The van der Waals surface area contributed by atoms with Crippen molar-refractivity contribution in [2.24, 2.45) is 5.92 Å². The molecule has 1 heterocycles. The summed E-state index contributed by atoms with van der Waals surface area (Å²) in [6.07, 6.45) is 3.90. The maximum absolute atomic E-state index is 14.5. The van der Waals surface area contributed by atoms with Crippen LogP contribution in [0.15, 0.2) is 41.3 Å². The van der Waals surface area contributed by atoms with Gasteiger partial charge in [-0.1, -0.05) is 18.6 Å². The van der Waals surface area contributed by atoms with Crippen molar-refractivity contribution in [2.45, 2.75) is 62.1 Å². The molecular weight excluding hydrogens is 443 g/mol. The molecule has 8 heteroatoms. The molecule has 5 rings (SSSR count). The normalized spacial score (nSPS) is 20.9. The molecule has 3 aliphatic rings. The predicted octanol–water partition coefficient (Wildman–Crippen LogP) is 4.32. The van der Waals surface area contributed by atoms with Crippen molar-refractivity contribution < 1.29 is 22.4 Å². The molecule has 0 saturated heterocycles. The van der Waals surface area contributed by atoms with Crippen molar-refractivity contribution in [1.29, 1.82) is 0 Å². The van der Waals surface area contributed by atoms with Crippen LogP contribution < -0.4 is 9.80 Å². The minimum absolute atomic E-state index is 0.00121. The number of sulfone groups is 1. The van der Waals surface area contributed by atoms with Gasteiger partial charge >= 0.3 is 0 Å². The van der Waals surface area contributed by atoms with Crippen molar-refractivity contribution in [3.8, 4) is 11.1 Å². The molecule has 0 N–H and O–H groups in total. The summed E-state index contributed by atoms with van der Waals surface area (Å²) >= 11 is 0. The van der Waals surface area contributed by atoms with E-state index in [1.54, 1.807) is 28.0 Å². The molecule has 33 heavy (non-hydrogen) atoms. The maximum Gasteiger partial charge on any atom is 0.230 e. The molecule has 1 atom stereocenters. The summed E-state index contributed by atoms with van der Waals surface area (Å²) in [5.74, 6) is -0.793. The van der Waals surface area contributed by atoms with E-state index in [1.165, 1.54) is 19.1 Å². The van der Waals surface area contributed by atoms with Gasteiger partial charge < -0.3 is 9.80 Å². The zero-order valence-electron chi connectivity index (χ0n) is 18.8. The van der Waals surface area contributed by atoms with Crippen LogP contribution in [0.25, 0.3) is 11.1 Å². The summed E-state index contributed by atoms with van der Waals surface area (Å²) < 4.78 is 39.9. The van der Waals surface area contributed by atoms with Crippen LogP contribution >= 0.6 is 0 Å². The number of nitrogens with zero attached hydrogens (tertiary/aromatic N) is 2. The Bertz CT molecular complexity index is 1250. The maximum atomic E-state index is 14.5. The third kappa shape index (κ3) is 3.74. The number of halogens is 1. The zero-order valence-corrected chi connectivity index (χ0v) is 19.6.